The highest BCUT2D eigenvalue weighted by Gasteiger charge is 2.15. The van der Waals surface area contributed by atoms with Crippen molar-refractivity contribution < 1.29 is 12.8 Å². The Morgan fingerprint density at radius 2 is 1.81 bits per heavy atom. The molecular weight excluding hydrogens is 355 g/mol. The number of hydrogen-bond acceptors (Lipinski definition) is 5. The van der Waals surface area contributed by atoms with E-state index in [9.17, 15) is 12.8 Å². The third kappa shape index (κ3) is 4.42. The number of nitrogens with zero attached hydrogens (tertiary/aromatic N) is 2. The normalized spacial score (nSPS) is 11.6. The molecule has 0 aliphatic carbocycles. The second-order valence-corrected chi connectivity index (χ2v) is 7.05. The lowest BCUT2D eigenvalue weighted by atomic mass is 10.2. The second-order valence-electron chi connectivity index (χ2n) is 5.37. The number of nitrogens with two attached hydrogens (primary N) is 1. The fourth-order valence-electron chi connectivity index (χ4n) is 2.13. The van der Waals surface area contributed by atoms with Crippen LogP contribution in [0, 0.1) is 5.82 Å². The summed E-state index contributed by atoms with van der Waals surface area (Å²) in [7, 11) is -3.82. The van der Waals surface area contributed by atoms with Crippen molar-refractivity contribution in [2.75, 3.05) is 10.5 Å². The van der Waals surface area contributed by atoms with Gasteiger partial charge in [-0.2, -0.15) is 0 Å². The number of nitrogens with one attached hydrogen (secondary N) is 1. The lowest BCUT2D eigenvalue weighted by Gasteiger charge is -2.07. The first kappa shape index (κ1) is 17.6. The van der Waals surface area contributed by atoms with Crippen LogP contribution in [0.25, 0.3) is 12.2 Å². The van der Waals surface area contributed by atoms with Crippen molar-refractivity contribution in [3.63, 3.8) is 0 Å². The molecule has 0 fully saturated rings. The Hall–Kier alpha value is -3.26. The van der Waals surface area contributed by atoms with Gasteiger partial charge in [0.25, 0.3) is 10.0 Å². The quantitative estimate of drug-likeness (QED) is 0.672. The van der Waals surface area contributed by atoms with Crippen LogP contribution >= 0.6 is 0 Å². The molecule has 3 aromatic rings. The summed E-state index contributed by atoms with van der Waals surface area (Å²) in [6.45, 7) is 0. The molecule has 6 nitrogen and oxygen atoms in total. The summed E-state index contributed by atoms with van der Waals surface area (Å²) < 4.78 is 40.2. The maximum Gasteiger partial charge on any atom is 0.264 e. The highest BCUT2D eigenvalue weighted by atomic mass is 32.2. The van der Waals surface area contributed by atoms with Crippen molar-refractivity contribution in [1.29, 1.82) is 0 Å². The van der Waals surface area contributed by atoms with Gasteiger partial charge in [0.1, 0.15) is 5.82 Å². The monoisotopic (exact) mass is 370 g/mol. The van der Waals surface area contributed by atoms with E-state index in [1.807, 2.05) is 0 Å². The molecule has 0 bridgehead atoms. The van der Waals surface area contributed by atoms with Crippen LogP contribution in [0.5, 0.6) is 0 Å². The third-order valence-corrected chi connectivity index (χ3v) is 4.73. The Morgan fingerprint density at radius 1 is 1.04 bits per heavy atom. The van der Waals surface area contributed by atoms with Crippen molar-refractivity contribution in [3.8, 4) is 0 Å². The summed E-state index contributed by atoms with van der Waals surface area (Å²) in [6.07, 6.45) is 4.74. The minimum Gasteiger partial charge on any atom is -0.399 e. The number of sulfonamides is 1. The van der Waals surface area contributed by atoms with E-state index in [2.05, 4.69) is 14.7 Å². The fourth-order valence-corrected chi connectivity index (χ4v) is 3.08. The molecule has 3 rings (SSSR count). The maximum atomic E-state index is 13.2. The van der Waals surface area contributed by atoms with Crippen molar-refractivity contribution in [2.24, 2.45) is 0 Å². The topological polar surface area (TPSA) is 98.0 Å². The van der Waals surface area contributed by atoms with Crippen LogP contribution in [0.4, 0.5) is 16.0 Å². The molecule has 2 aromatic carbocycles. The van der Waals surface area contributed by atoms with Gasteiger partial charge in [-0.3, -0.25) is 0 Å². The van der Waals surface area contributed by atoms with E-state index in [0.717, 1.165) is 0 Å². The van der Waals surface area contributed by atoms with Crippen molar-refractivity contribution in [3.05, 3.63) is 77.9 Å². The van der Waals surface area contributed by atoms with E-state index < -0.39 is 10.0 Å². The number of hydrogen-bond donors (Lipinski definition) is 2. The van der Waals surface area contributed by atoms with Crippen LogP contribution in [0.3, 0.4) is 0 Å². The largest absolute Gasteiger partial charge is 0.399 e. The zero-order valence-corrected chi connectivity index (χ0v) is 14.3. The van der Waals surface area contributed by atoms with Gasteiger partial charge >= 0.3 is 0 Å². The summed E-state index contributed by atoms with van der Waals surface area (Å²) in [5, 5.41) is 0. The Bertz CT molecular complexity index is 1050. The molecule has 1 heterocycles. The van der Waals surface area contributed by atoms with E-state index in [1.165, 1.54) is 42.6 Å². The molecule has 0 radical (unpaired) electrons. The highest BCUT2D eigenvalue weighted by molar-refractivity contribution is 7.92. The van der Waals surface area contributed by atoms with Crippen molar-refractivity contribution in [1.82, 2.24) is 9.97 Å². The molecule has 0 unspecified atom stereocenters. The SMILES string of the molecule is Nc1ccc(S(=O)(=O)Nc2nccc(C=Cc3cccc(F)c3)n2)cc1. The molecule has 0 amide bonds. The van der Waals surface area contributed by atoms with Crippen molar-refractivity contribution in [2.45, 2.75) is 4.90 Å². The second kappa shape index (κ2) is 7.32. The molecule has 0 atom stereocenters. The summed E-state index contributed by atoms with van der Waals surface area (Å²) in [6, 6.07) is 13.5. The molecule has 132 valence electrons. The Labute approximate surface area is 150 Å². The van der Waals surface area contributed by atoms with Gasteiger partial charge in [0, 0.05) is 11.9 Å². The maximum absolute atomic E-state index is 13.2. The van der Waals surface area contributed by atoms with Crippen LogP contribution in [0.2, 0.25) is 0 Å². The van der Waals surface area contributed by atoms with E-state index in [-0.39, 0.29) is 16.7 Å². The van der Waals surface area contributed by atoms with Gasteiger partial charge in [0.15, 0.2) is 0 Å². The third-order valence-electron chi connectivity index (χ3n) is 3.39. The van der Waals surface area contributed by atoms with E-state index in [1.54, 1.807) is 30.4 Å². The molecule has 1 aromatic heterocycles. The van der Waals surface area contributed by atoms with Crippen LogP contribution in [-0.2, 0) is 10.0 Å². The minimum absolute atomic E-state index is 0.0519. The molecule has 3 N–H and O–H groups in total. The predicted molar refractivity (Wildman–Crippen MR) is 99.0 cm³/mol. The van der Waals surface area contributed by atoms with Gasteiger partial charge in [0.05, 0.1) is 10.6 Å². The van der Waals surface area contributed by atoms with Gasteiger partial charge in [-0.25, -0.2) is 27.5 Å². The number of benzene rings is 2. The minimum atomic E-state index is -3.82. The first-order valence-electron chi connectivity index (χ1n) is 7.57. The molecule has 26 heavy (non-hydrogen) atoms. The molecule has 8 heteroatoms. The lowest BCUT2D eigenvalue weighted by Crippen LogP contribution is -2.15. The van der Waals surface area contributed by atoms with Gasteiger partial charge in [-0.15, -0.1) is 0 Å². The summed E-state index contributed by atoms with van der Waals surface area (Å²) in [5.74, 6) is -0.407. The molecular formula is C18H15FN4O2S. The first-order valence-corrected chi connectivity index (χ1v) is 9.06. The van der Waals surface area contributed by atoms with Crippen LogP contribution in [0.15, 0.2) is 65.7 Å². The molecule has 0 saturated carbocycles. The Balaban J connectivity index is 1.80. The fraction of sp³-hybridized carbons (Fsp3) is 0. The first-order chi connectivity index (χ1) is 12.4. The zero-order valence-electron chi connectivity index (χ0n) is 13.5. The average molecular weight is 370 g/mol. The average Bonchev–Trinajstić information content (AvgIpc) is 2.60. The number of rotatable bonds is 5. The number of anilines is 2. The van der Waals surface area contributed by atoms with E-state index in [0.29, 0.717) is 16.9 Å². The van der Waals surface area contributed by atoms with Gasteiger partial charge in [-0.1, -0.05) is 18.2 Å². The number of halogens is 1. The highest BCUT2D eigenvalue weighted by Crippen LogP contribution is 2.15. The van der Waals surface area contributed by atoms with Gasteiger partial charge in [-0.05, 0) is 54.1 Å². The predicted octanol–water partition coefficient (Wildman–Crippen LogP) is 3.17. The van der Waals surface area contributed by atoms with Gasteiger partial charge in [0.2, 0.25) is 5.95 Å². The standard InChI is InChI=1S/C18H15FN4O2S/c19-14-3-1-2-13(12-14)4-7-16-10-11-21-18(22-16)23-26(24,25)17-8-5-15(20)6-9-17/h1-12H,20H2,(H,21,22,23). The Morgan fingerprint density at radius 3 is 2.54 bits per heavy atom. The molecule has 0 saturated heterocycles. The zero-order chi connectivity index (χ0) is 18.6. The summed E-state index contributed by atoms with van der Waals surface area (Å²) in [4.78, 5) is 8.10. The van der Waals surface area contributed by atoms with E-state index >= 15 is 0 Å². The summed E-state index contributed by atoms with van der Waals surface area (Å²) >= 11 is 0. The molecule has 0 aliphatic heterocycles. The van der Waals surface area contributed by atoms with E-state index in [4.69, 9.17) is 5.73 Å². The molecule has 0 spiro atoms. The van der Waals surface area contributed by atoms with Gasteiger partial charge < -0.3 is 5.73 Å². The molecule has 0 aliphatic rings. The lowest BCUT2D eigenvalue weighted by molar-refractivity contribution is 0.601. The van der Waals surface area contributed by atoms with Crippen molar-refractivity contribution >= 4 is 33.8 Å². The van der Waals surface area contributed by atoms with Crippen LogP contribution < -0.4 is 10.5 Å². The van der Waals surface area contributed by atoms with Crippen LogP contribution in [-0.4, -0.2) is 18.4 Å². The number of nitrogen functional groups attached to an aromatic ring is 1. The smallest absolute Gasteiger partial charge is 0.264 e. The Kier molecular flexibility index (Phi) is 4.94. The number of aromatic nitrogens is 2. The van der Waals surface area contributed by atoms with Crippen LogP contribution in [0.1, 0.15) is 11.3 Å². The summed E-state index contributed by atoms with van der Waals surface area (Å²) in [5.41, 5.74) is 7.16.